The summed E-state index contributed by atoms with van der Waals surface area (Å²) < 4.78 is 5.65. The summed E-state index contributed by atoms with van der Waals surface area (Å²) in [5.41, 5.74) is 1.95. The maximum Gasteiger partial charge on any atom is 0.124 e. The van der Waals surface area contributed by atoms with E-state index in [0.29, 0.717) is 16.7 Å². The van der Waals surface area contributed by atoms with Gasteiger partial charge in [-0.25, -0.2) is 0 Å². The van der Waals surface area contributed by atoms with Gasteiger partial charge in [-0.15, -0.1) is 0 Å². The molecule has 0 saturated carbocycles. The van der Waals surface area contributed by atoms with Crippen LogP contribution in [0.15, 0.2) is 42.5 Å². The van der Waals surface area contributed by atoms with Gasteiger partial charge in [0.2, 0.25) is 0 Å². The van der Waals surface area contributed by atoms with Gasteiger partial charge in [0.1, 0.15) is 5.75 Å². The molecule has 106 valence electrons. The van der Waals surface area contributed by atoms with Crippen LogP contribution in [0.2, 0.25) is 10.0 Å². The lowest BCUT2D eigenvalue weighted by Gasteiger charge is -2.19. The van der Waals surface area contributed by atoms with E-state index < -0.39 is 0 Å². The molecule has 2 nitrogen and oxygen atoms in total. The number of hydrogen-bond donors (Lipinski definition) is 1. The monoisotopic (exact) mass is 309 g/mol. The van der Waals surface area contributed by atoms with Gasteiger partial charge >= 0.3 is 0 Å². The Kier molecular flexibility index (Phi) is 5.16. The molecule has 0 aliphatic heterocycles. The summed E-state index contributed by atoms with van der Waals surface area (Å²) in [5.74, 6) is 0.889. The highest BCUT2D eigenvalue weighted by Crippen LogP contribution is 2.31. The first kappa shape index (κ1) is 15.0. The summed E-state index contributed by atoms with van der Waals surface area (Å²) in [7, 11) is 0. The van der Waals surface area contributed by atoms with E-state index in [9.17, 15) is 0 Å². The fourth-order valence-corrected chi connectivity index (χ4v) is 2.51. The van der Waals surface area contributed by atoms with Crippen LogP contribution in [0.5, 0.6) is 5.75 Å². The van der Waals surface area contributed by atoms with Crippen LogP contribution in [0.25, 0.3) is 0 Å². The molecule has 0 heterocycles. The van der Waals surface area contributed by atoms with Crippen molar-refractivity contribution in [3.05, 3.63) is 58.1 Å². The zero-order valence-electron chi connectivity index (χ0n) is 11.5. The Balaban J connectivity index is 2.21. The summed E-state index contributed by atoms with van der Waals surface area (Å²) >= 11 is 12.1. The fourth-order valence-electron chi connectivity index (χ4n) is 2.04. The molecule has 1 atom stereocenters. The van der Waals surface area contributed by atoms with Crippen LogP contribution in [-0.4, -0.2) is 6.61 Å². The molecule has 0 aliphatic rings. The normalized spacial score (nSPS) is 12.0. The van der Waals surface area contributed by atoms with E-state index in [4.69, 9.17) is 27.9 Å². The second-order valence-corrected chi connectivity index (χ2v) is 5.30. The lowest BCUT2D eigenvalue weighted by molar-refractivity contribution is 0.335. The minimum absolute atomic E-state index is 0.0800. The molecule has 0 aliphatic carbocycles. The lowest BCUT2D eigenvalue weighted by atomic mass is 10.1. The van der Waals surface area contributed by atoms with Crippen LogP contribution in [0.1, 0.15) is 25.5 Å². The maximum atomic E-state index is 6.18. The summed E-state index contributed by atoms with van der Waals surface area (Å²) in [6.45, 7) is 4.69. The molecule has 1 unspecified atom stereocenters. The Morgan fingerprint density at radius 3 is 2.60 bits per heavy atom. The summed E-state index contributed by atoms with van der Waals surface area (Å²) in [6, 6.07) is 13.5. The van der Waals surface area contributed by atoms with E-state index in [-0.39, 0.29) is 6.04 Å². The van der Waals surface area contributed by atoms with Crippen molar-refractivity contribution in [1.82, 2.24) is 0 Å². The van der Waals surface area contributed by atoms with Crippen molar-refractivity contribution in [1.29, 1.82) is 0 Å². The summed E-state index contributed by atoms with van der Waals surface area (Å²) in [4.78, 5) is 0. The highest BCUT2D eigenvalue weighted by atomic mass is 35.5. The number of hydrogen-bond acceptors (Lipinski definition) is 2. The predicted molar refractivity (Wildman–Crippen MR) is 86.1 cm³/mol. The molecule has 0 aromatic heterocycles. The zero-order chi connectivity index (χ0) is 14.5. The van der Waals surface area contributed by atoms with Crippen LogP contribution >= 0.6 is 23.2 Å². The van der Waals surface area contributed by atoms with Gasteiger partial charge in [0, 0.05) is 10.6 Å². The zero-order valence-corrected chi connectivity index (χ0v) is 13.0. The van der Waals surface area contributed by atoms with Gasteiger partial charge in [-0.1, -0.05) is 41.4 Å². The number of ether oxygens (including phenoxy) is 1. The van der Waals surface area contributed by atoms with Gasteiger partial charge in [-0.3, -0.25) is 0 Å². The second-order valence-electron chi connectivity index (χ2n) is 4.46. The Morgan fingerprint density at radius 1 is 1.15 bits per heavy atom. The fraction of sp³-hybridized carbons (Fsp3) is 0.250. The molecule has 4 heteroatoms. The summed E-state index contributed by atoms with van der Waals surface area (Å²) in [5, 5.41) is 4.62. The minimum Gasteiger partial charge on any atom is -0.494 e. The average molecular weight is 310 g/mol. The first-order chi connectivity index (χ1) is 9.61. The molecule has 2 aromatic carbocycles. The van der Waals surface area contributed by atoms with Gasteiger partial charge in [-0.2, -0.15) is 0 Å². The maximum absolute atomic E-state index is 6.18. The Hall–Kier alpha value is -1.38. The minimum atomic E-state index is 0.0800. The number of nitrogens with one attached hydrogen (secondary N) is 1. The van der Waals surface area contributed by atoms with Crippen molar-refractivity contribution >= 4 is 28.9 Å². The van der Waals surface area contributed by atoms with Gasteiger partial charge in [0.15, 0.2) is 0 Å². The number of anilines is 1. The van der Waals surface area contributed by atoms with E-state index in [1.807, 2.05) is 43.3 Å². The van der Waals surface area contributed by atoms with Crippen LogP contribution in [0.3, 0.4) is 0 Å². The Labute approximate surface area is 129 Å². The molecular weight excluding hydrogens is 293 g/mol. The van der Waals surface area contributed by atoms with Crippen LogP contribution in [-0.2, 0) is 0 Å². The van der Waals surface area contributed by atoms with Crippen LogP contribution < -0.4 is 10.1 Å². The second kappa shape index (κ2) is 6.87. The smallest absolute Gasteiger partial charge is 0.124 e. The number of benzene rings is 2. The van der Waals surface area contributed by atoms with E-state index >= 15 is 0 Å². The van der Waals surface area contributed by atoms with Crippen molar-refractivity contribution in [3.8, 4) is 5.75 Å². The number of rotatable bonds is 5. The van der Waals surface area contributed by atoms with E-state index in [1.54, 1.807) is 6.07 Å². The van der Waals surface area contributed by atoms with Gasteiger partial charge in [-0.05, 0) is 38.1 Å². The quantitative estimate of drug-likeness (QED) is 0.780. The van der Waals surface area contributed by atoms with Crippen LogP contribution in [0.4, 0.5) is 5.69 Å². The molecule has 0 radical (unpaired) electrons. The molecular formula is C16H17Cl2NO. The first-order valence-corrected chi connectivity index (χ1v) is 7.30. The highest BCUT2D eigenvalue weighted by Gasteiger charge is 2.12. The molecule has 2 aromatic rings. The SMILES string of the molecule is CCOc1ccccc1C(C)Nc1ccc(Cl)cc1Cl. The third-order valence-corrected chi connectivity index (χ3v) is 3.54. The first-order valence-electron chi connectivity index (χ1n) is 6.55. The third-order valence-electron chi connectivity index (χ3n) is 2.99. The van der Waals surface area contributed by atoms with Crippen molar-refractivity contribution in [2.24, 2.45) is 0 Å². The van der Waals surface area contributed by atoms with E-state index in [2.05, 4.69) is 12.2 Å². The predicted octanol–water partition coefficient (Wildman–Crippen LogP) is 5.57. The van der Waals surface area contributed by atoms with Crippen molar-refractivity contribution < 1.29 is 4.74 Å². The molecule has 2 rings (SSSR count). The summed E-state index contributed by atoms with van der Waals surface area (Å²) in [6.07, 6.45) is 0. The van der Waals surface area contributed by atoms with Crippen LogP contribution in [0, 0.1) is 0 Å². The number of para-hydroxylation sites is 1. The highest BCUT2D eigenvalue weighted by molar-refractivity contribution is 6.36. The standard InChI is InChI=1S/C16H17Cl2NO/c1-3-20-16-7-5-4-6-13(16)11(2)19-15-9-8-12(17)10-14(15)18/h4-11,19H,3H2,1-2H3. The van der Waals surface area contributed by atoms with Gasteiger partial charge < -0.3 is 10.1 Å². The van der Waals surface area contributed by atoms with Crippen molar-refractivity contribution in [2.75, 3.05) is 11.9 Å². The van der Waals surface area contributed by atoms with E-state index in [1.165, 1.54) is 0 Å². The van der Waals surface area contributed by atoms with Gasteiger partial charge in [0.05, 0.1) is 23.4 Å². The van der Waals surface area contributed by atoms with Gasteiger partial charge in [0.25, 0.3) is 0 Å². The largest absolute Gasteiger partial charge is 0.494 e. The molecule has 20 heavy (non-hydrogen) atoms. The Morgan fingerprint density at radius 2 is 1.90 bits per heavy atom. The lowest BCUT2D eigenvalue weighted by Crippen LogP contribution is -2.09. The van der Waals surface area contributed by atoms with Crippen molar-refractivity contribution in [2.45, 2.75) is 19.9 Å². The van der Waals surface area contributed by atoms with E-state index in [0.717, 1.165) is 17.0 Å². The molecule has 0 bridgehead atoms. The topological polar surface area (TPSA) is 21.3 Å². The molecule has 0 spiro atoms. The molecule has 1 N–H and O–H groups in total. The third kappa shape index (κ3) is 3.59. The molecule has 0 fully saturated rings. The average Bonchev–Trinajstić information content (AvgIpc) is 2.43. The van der Waals surface area contributed by atoms with Crippen molar-refractivity contribution in [3.63, 3.8) is 0 Å². The molecule has 0 saturated heterocycles. The molecule has 0 amide bonds. The number of halogens is 2. The Bertz CT molecular complexity index is 586.